The highest BCUT2D eigenvalue weighted by Gasteiger charge is 2.75. The van der Waals surface area contributed by atoms with E-state index in [-0.39, 0.29) is 37.4 Å². The Hall–Kier alpha value is -4.93. The van der Waals surface area contributed by atoms with Crippen LogP contribution in [0.5, 0.6) is 5.75 Å². The minimum Gasteiger partial charge on any atom is -0.494 e. The van der Waals surface area contributed by atoms with Gasteiger partial charge in [-0.05, 0) is 94.1 Å². The summed E-state index contributed by atoms with van der Waals surface area (Å²) in [6.07, 6.45) is 4.06. The van der Waals surface area contributed by atoms with Crippen molar-refractivity contribution >= 4 is 34.8 Å². The molecule has 0 saturated carbocycles. The molecule has 280 valence electrons. The summed E-state index contributed by atoms with van der Waals surface area (Å²) in [4.78, 5) is 52.1. The second-order valence-corrected chi connectivity index (χ2v) is 13.9. The predicted octanol–water partition coefficient (Wildman–Crippen LogP) is 5.65. The van der Waals surface area contributed by atoms with Gasteiger partial charge in [-0.2, -0.15) is 0 Å². The van der Waals surface area contributed by atoms with E-state index < -0.39 is 35.6 Å². The molecule has 6 rings (SSSR count). The zero-order valence-electron chi connectivity index (χ0n) is 31.1. The van der Waals surface area contributed by atoms with Crippen LogP contribution in [0.1, 0.15) is 39.2 Å². The highest BCUT2D eigenvalue weighted by Crippen LogP contribution is 2.59. The van der Waals surface area contributed by atoms with Crippen molar-refractivity contribution in [3.05, 3.63) is 110 Å². The number of anilines is 3. The van der Waals surface area contributed by atoms with Crippen molar-refractivity contribution in [3.63, 3.8) is 0 Å². The second-order valence-electron chi connectivity index (χ2n) is 13.9. The Kier molecular flexibility index (Phi) is 11.7. The van der Waals surface area contributed by atoms with Crippen LogP contribution in [0, 0.1) is 11.8 Å². The topological polar surface area (TPSA) is 103 Å². The smallest absolute Gasteiger partial charge is 0.253 e. The average Bonchev–Trinajstić information content (AvgIpc) is 3.83. The molecule has 3 aliphatic heterocycles. The van der Waals surface area contributed by atoms with Crippen LogP contribution >= 0.6 is 0 Å². The lowest BCUT2D eigenvalue weighted by molar-refractivity contribution is -0.144. The Bertz CT molecular complexity index is 1760. The van der Waals surface area contributed by atoms with Crippen LogP contribution in [-0.2, 0) is 25.5 Å². The van der Waals surface area contributed by atoms with Gasteiger partial charge in [0.2, 0.25) is 11.8 Å². The van der Waals surface area contributed by atoms with Gasteiger partial charge in [0.15, 0.2) is 0 Å². The standard InChI is InChI=1S/C43H52N4O6/c1-6-26-45(33-20-22-35(23-21-33)52-10-5)40(49)37-36-24-25-43(53-36)38(37)41(50)47(34(29-48)28-30-14-12-11-13-15-30)39(43)42(51)46(27-7-2)32-18-16-31(17-19-32)44(8-3)9-4/h6-7,11-23,34,36-39,48H,1-2,8-10,24-29H2,3-5H3/t34-,36-,37+,38+,39?,43?/m1/s1. The minimum atomic E-state index is -1.26. The van der Waals surface area contributed by atoms with Gasteiger partial charge >= 0.3 is 0 Å². The van der Waals surface area contributed by atoms with Crippen LogP contribution in [-0.4, -0.2) is 90.9 Å². The van der Waals surface area contributed by atoms with Gasteiger partial charge in [0.05, 0.1) is 37.2 Å². The van der Waals surface area contributed by atoms with Gasteiger partial charge < -0.3 is 34.2 Å². The second kappa shape index (κ2) is 16.4. The maximum Gasteiger partial charge on any atom is 0.253 e. The number of aliphatic hydroxyl groups is 1. The summed E-state index contributed by atoms with van der Waals surface area (Å²) >= 11 is 0. The van der Waals surface area contributed by atoms with E-state index in [9.17, 15) is 9.90 Å². The molecule has 3 aliphatic rings. The predicted molar refractivity (Wildman–Crippen MR) is 208 cm³/mol. The molecule has 3 amide bonds. The fourth-order valence-electron chi connectivity index (χ4n) is 8.73. The molecule has 6 atom stereocenters. The van der Waals surface area contributed by atoms with Gasteiger partial charge in [0.25, 0.3) is 5.91 Å². The Morgan fingerprint density at radius 2 is 1.49 bits per heavy atom. The number of nitrogens with zero attached hydrogens (tertiary/aromatic N) is 4. The monoisotopic (exact) mass is 720 g/mol. The molecule has 3 saturated heterocycles. The van der Waals surface area contributed by atoms with E-state index >= 15 is 9.59 Å². The molecule has 10 heteroatoms. The number of rotatable bonds is 17. The number of hydrogen-bond acceptors (Lipinski definition) is 7. The van der Waals surface area contributed by atoms with Gasteiger partial charge in [0, 0.05) is 43.2 Å². The summed E-state index contributed by atoms with van der Waals surface area (Å²) in [6, 6.07) is 22.9. The Balaban J connectivity index is 1.41. The molecule has 3 aromatic carbocycles. The molecular weight excluding hydrogens is 668 g/mol. The summed E-state index contributed by atoms with van der Waals surface area (Å²) in [5.41, 5.74) is 2.01. The molecule has 1 N–H and O–H groups in total. The third-order valence-electron chi connectivity index (χ3n) is 11.1. The van der Waals surface area contributed by atoms with E-state index in [1.807, 2.05) is 85.8 Å². The van der Waals surface area contributed by atoms with Gasteiger partial charge in [-0.1, -0.05) is 42.5 Å². The first-order valence-corrected chi connectivity index (χ1v) is 18.8. The van der Waals surface area contributed by atoms with Gasteiger partial charge in [-0.3, -0.25) is 14.4 Å². The molecule has 53 heavy (non-hydrogen) atoms. The number of carbonyl (C=O) groups is 3. The summed E-state index contributed by atoms with van der Waals surface area (Å²) in [5.74, 6) is -2.00. The number of aliphatic hydroxyl groups excluding tert-OH is 1. The zero-order chi connectivity index (χ0) is 37.7. The van der Waals surface area contributed by atoms with Gasteiger partial charge in [0.1, 0.15) is 17.4 Å². The van der Waals surface area contributed by atoms with Crippen LogP contribution in [0.4, 0.5) is 17.1 Å². The number of fused-ring (bicyclic) bond motifs is 1. The Morgan fingerprint density at radius 3 is 2.06 bits per heavy atom. The van der Waals surface area contributed by atoms with Crippen molar-refractivity contribution in [2.45, 2.75) is 63.8 Å². The highest BCUT2D eigenvalue weighted by molar-refractivity contribution is 6.06. The molecule has 3 fully saturated rings. The molecule has 3 aromatic rings. The molecule has 2 bridgehead atoms. The number of amides is 3. The summed E-state index contributed by atoms with van der Waals surface area (Å²) < 4.78 is 12.5. The molecule has 0 radical (unpaired) electrons. The summed E-state index contributed by atoms with van der Waals surface area (Å²) in [6.45, 7) is 16.2. The van der Waals surface area contributed by atoms with Gasteiger partial charge in [-0.15, -0.1) is 13.2 Å². The molecule has 0 aromatic heterocycles. The third-order valence-corrected chi connectivity index (χ3v) is 11.1. The van der Waals surface area contributed by atoms with E-state index in [4.69, 9.17) is 9.47 Å². The Labute approximate surface area is 313 Å². The minimum absolute atomic E-state index is 0.196. The maximum atomic E-state index is 15.2. The molecular formula is C43H52N4O6. The lowest BCUT2D eigenvalue weighted by Gasteiger charge is -2.39. The summed E-state index contributed by atoms with van der Waals surface area (Å²) in [7, 11) is 0. The van der Waals surface area contributed by atoms with Crippen molar-refractivity contribution in [3.8, 4) is 5.75 Å². The number of benzene rings is 3. The quantitative estimate of drug-likeness (QED) is 0.180. The normalized spacial score (nSPS) is 23.3. The lowest BCUT2D eigenvalue weighted by atomic mass is 9.70. The van der Waals surface area contributed by atoms with E-state index in [0.717, 1.165) is 24.3 Å². The van der Waals surface area contributed by atoms with Crippen LogP contribution in [0.3, 0.4) is 0 Å². The number of hydrogen-bond donors (Lipinski definition) is 1. The number of carbonyl (C=O) groups excluding carboxylic acids is 3. The highest BCUT2D eigenvalue weighted by atomic mass is 16.5. The lowest BCUT2D eigenvalue weighted by Crippen LogP contribution is -2.59. The van der Waals surface area contributed by atoms with Crippen molar-refractivity contribution in [1.82, 2.24) is 4.90 Å². The van der Waals surface area contributed by atoms with E-state index in [2.05, 4.69) is 31.9 Å². The van der Waals surface area contributed by atoms with Crippen molar-refractivity contribution in [2.75, 3.05) is 54.1 Å². The third kappa shape index (κ3) is 6.98. The zero-order valence-corrected chi connectivity index (χ0v) is 31.1. The molecule has 10 nitrogen and oxygen atoms in total. The number of ether oxygens (including phenoxy) is 2. The molecule has 0 aliphatic carbocycles. The van der Waals surface area contributed by atoms with Crippen LogP contribution < -0.4 is 19.4 Å². The molecule has 1 spiro atoms. The molecule has 3 heterocycles. The van der Waals surface area contributed by atoms with Crippen molar-refractivity contribution in [2.24, 2.45) is 11.8 Å². The summed E-state index contributed by atoms with van der Waals surface area (Å²) in [5, 5.41) is 10.9. The van der Waals surface area contributed by atoms with Crippen LogP contribution in [0.15, 0.2) is 104 Å². The van der Waals surface area contributed by atoms with Crippen LogP contribution in [0.25, 0.3) is 0 Å². The van der Waals surface area contributed by atoms with E-state index in [1.54, 1.807) is 26.9 Å². The fraction of sp³-hybridized carbons (Fsp3) is 0.419. The fourth-order valence-corrected chi connectivity index (χ4v) is 8.73. The first-order chi connectivity index (χ1) is 25.8. The SMILES string of the molecule is C=CCN(C(=O)C1N([C@@H](CO)Cc2ccccc2)C(=O)[C@@H]2[C@@H](C(=O)N(CC=C)c3ccc(OCC)cc3)[C@H]3CCC12O3)c1ccc(N(CC)CC)cc1. The van der Waals surface area contributed by atoms with E-state index in [1.165, 1.54) is 0 Å². The van der Waals surface area contributed by atoms with Crippen molar-refractivity contribution < 1.29 is 29.0 Å². The first-order valence-electron chi connectivity index (χ1n) is 18.8. The van der Waals surface area contributed by atoms with E-state index in [0.29, 0.717) is 43.0 Å². The average molecular weight is 721 g/mol. The van der Waals surface area contributed by atoms with Gasteiger partial charge in [-0.25, -0.2) is 0 Å². The molecule has 2 unspecified atom stereocenters. The van der Waals surface area contributed by atoms with Crippen LogP contribution in [0.2, 0.25) is 0 Å². The maximum absolute atomic E-state index is 15.2. The van der Waals surface area contributed by atoms with Crippen molar-refractivity contribution in [1.29, 1.82) is 0 Å². The first kappa shape index (κ1) is 37.8. The Morgan fingerprint density at radius 1 is 0.906 bits per heavy atom. The number of likely N-dealkylation sites (tertiary alicyclic amines) is 1. The largest absolute Gasteiger partial charge is 0.494 e.